The van der Waals surface area contributed by atoms with Crippen molar-refractivity contribution in [2.24, 2.45) is 0 Å². The van der Waals surface area contributed by atoms with Crippen LogP contribution in [0.15, 0.2) is 42.5 Å². The number of fused-ring (bicyclic) bond motifs is 1. The topological polar surface area (TPSA) is 73.9 Å². The van der Waals surface area contributed by atoms with E-state index in [4.69, 9.17) is 4.74 Å². The fraction of sp³-hybridized carbons (Fsp3) is 0.462. The van der Waals surface area contributed by atoms with Crippen molar-refractivity contribution >= 4 is 23.2 Å². The quantitative estimate of drug-likeness (QED) is 0.661. The SMILES string of the molecule is COc1ccccc1NC(=O)C(=O)NC[C@H](c1ccc2c(c1)CCCN2C)N1CCCCC1. The molecule has 1 atom stereocenters. The van der Waals surface area contributed by atoms with E-state index < -0.39 is 11.8 Å². The van der Waals surface area contributed by atoms with E-state index >= 15 is 0 Å². The van der Waals surface area contributed by atoms with Gasteiger partial charge >= 0.3 is 11.8 Å². The molecule has 7 heteroatoms. The third-order valence-electron chi connectivity index (χ3n) is 6.69. The van der Waals surface area contributed by atoms with Crippen molar-refractivity contribution < 1.29 is 14.3 Å². The van der Waals surface area contributed by atoms with E-state index in [1.165, 1.54) is 30.3 Å². The van der Waals surface area contributed by atoms with E-state index in [0.717, 1.165) is 45.3 Å². The smallest absolute Gasteiger partial charge is 0.313 e. The second kappa shape index (κ2) is 10.7. The summed E-state index contributed by atoms with van der Waals surface area (Å²) in [6, 6.07) is 13.8. The summed E-state index contributed by atoms with van der Waals surface area (Å²) in [7, 11) is 3.67. The molecule has 0 unspecified atom stereocenters. The first-order chi connectivity index (χ1) is 16.1. The summed E-state index contributed by atoms with van der Waals surface area (Å²) in [5.41, 5.74) is 4.34. The summed E-state index contributed by atoms with van der Waals surface area (Å²) >= 11 is 0. The Morgan fingerprint density at radius 3 is 2.58 bits per heavy atom. The summed E-state index contributed by atoms with van der Waals surface area (Å²) in [6.45, 7) is 3.49. The number of hydrogen-bond acceptors (Lipinski definition) is 5. The van der Waals surface area contributed by atoms with Crippen molar-refractivity contribution in [3.63, 3.8) is 0 Å². The highest BCUT2D eigenvalue weighted by atomic mass is 16.5. The second-order valence-corrected chi connectivity index (χ2v) is 8.89. The number of para-hydroxylation sites is 2. The summed E-state index contributed by atoms with van der Waals surface area (Å²) < 4.78 is 5.26. The van der Waals surface area contributed by atoms with Gasteiger partial charge < -0.3 is 20.3 Å². The van der Waals surface area contributed by atoms with Crippen molar-refractivity contribution in [2.75, 3.05) is 50.6 Å². The zero-order chi connectivity index (χ0) is 23.2. The highest BCUT2D eigenvalue weighted by molar-refractivity contribution is 6.39. The molecule has 0 spiro atoms. The van der Waals surface area contributed by atoms with Gasteiger partial charge in [-0.3, -0.25) is 14.5 Å². The molecular formula is C26H34N4O3. The molecule has 0 aliphatic carbocycles. The zero-order valence-electron chi connectivity index (χ0n) is 19.6. The molecule has 0 saturated carbocycles. The summed E-state index contributed by atoms with van der Waals surface area (Å²) in [5, 5.41) is 5.54. The number of amides is 2. The van der Waals surface area contributed by atoms with Crippen LogP contribution < -0.4 is 20.3 Å². The molecule has 1 fully saturated rings. The molecule has 176 valence electrons. The van der Waals surface area contributed by atoms with Gasteiger partial charge in [0, 0.05) is 25.8 Å². The molecule has 0 bridgehead atoms. The van der Waals surface area contributed by atoms with Gasteiger partial charge in [0.1, 0.15) is 5.75 Å². The van der Waals surface area contributed by atoms with Gasteiger partial charge in [-0.15, -0.1) is 0 Å². The summed E-state index contributed by atoms with van der Waals surface area (Å²) in [5.74, 6) is -0.812. The highest BCUT2D eigenvalue weighted by Crippen LogP contribution is 2.31. The second-order valence-electron chi connectivity index (χ2n) is 8.89. The monoisotopic (exact) mass is 450 g/mol. The van der Waals surface area contributed by atoms with Crippen LogP contribution in [-0.2, 0) is 16.0 Å². The first-order valence-electron chi connectivity index (χ1n) is 11.9. The molecule has 2 aliphatic heterocycles. The lowest BCUT2D eigenvalue weighted by Crippen LogP contribution is -2.43. The van der Waals surface area contributed by atoms with Gasteiger partial charge in [-0.05, 0) is 68.1 Å². The highest BCUT2D eigenvalue weighted by Gasteiger charge is 2.26. The molecule has 2 aromatic carbocycles. The number of anilines is 2. The molecule has 2 N–H and O–H groups in total. The van der Waals surface area contributed by atoms with E-state index in [1.54, 1.807) is 18.2 Å². The maximum absolute atomic E-state index is 12.7. The molecule has 33 heavy (non-hydrogen) atoms. The number of nitrogens with one attached hydrogen (secondary N) is 2. The Morgan fingerprint density at radius 2 is 1.79 bits per heavy atom. The minimum absolute atomic E-state index is 0.0471. The lowest BCUT2D eigenvalue weighted by atomic mass is 9.95. The first kappa shape index (κ1) is 23.1. The van der Waals surface area contributed by atoms with Crippen LogP contribution in [0.4, 0.5) is 11.4 Å². The lowest BCUT2D eigenvalue weighted by molar-refractivity contribution is -0.136. The largest absolute Gasteiger partial charge is 0.495 e. The fourth-order valence-electron chi connectivity index (χ4n) is 4.90. The van der Waals surface area contributed by atoms with Gasteiger partial charge in [0.2, 0.25) is 0 Å². The van der Waals surface area contributed by atoms with E-state index in [2.05, 4.69) is 45.7 Å². The van der Waals surface area contributed by atoms with Crippen LogP contribution in [0, 0.1) is 0 Å². The number of likely N-dealkylation sites (tertiary alicyclic amines) is 1. The Balaban J connectivity index is 1.47. The molecule has 7 nitrogen and oxygen atoms in total. The first-order valence-corrected chi connectivity index (χ1v) is 11.9. The Kier molecular flexibility index (Phi) is 7.50. The van der Waals surface area contributed by atoms with Crippen LogP contribution in [0.1, 0.15) is 42.9 Å². The van der Waals surface area contributed by atoms with E-state index in [1.807, 2.05) is 6.07 Å². The number of ether oxygens (including phenoxy) is 1. The van der Waals surface area contributed by atoms with E-state index in [9.17, 15) is 9.59 Å². The number of carbonyl (C=O) groups is 2. The van der Waals surface area contributed by atoms with Crippen molar-refractivity contribution in [1.82, 2.24) is 10.2 Å². The number of methoxy groups -OCH3 is 1. The Hall–Kier alpha value is -3.06. The summed E-state index contributed by atoms with van der Waals surface area (Å²) in [6.07, 6.45) is 5.79. The van der Waals surface area contributed by atoms with Gasteiger partial charge in [0.25, 0.3) is 0 Å². The normalized spacial score (nSPS) is 17.1. The Labute approximate surface area is 196 Å². The lowest BCUT2D eigenvalue weighted by Gasteiger charge is -2.36. The van der Waals surface area contributed by atoms with Gasteiger partial charge in [-0.1, -0.05) is 30.7 Å². The van der Waals surface area contributed by atoms with E-state index in [0.29, 0.717) is 18.0 Å². The maximum Gasteiger partial charge on any atom is 0.313 e. The number of hydrogen-bond donors (Lipinski definition) is 2. The van der Waals surface area contributed by atoms with Crippen LogP contribution in [0.25, 0.3) is 0 Å². The standard InChI is InChI=1S/C26H34N4O3/c1-29-14-8-9-19-17-20(12-13-22(19)29)23(30-15-6-3-7-16-30)18-27-25(31)26(32)28-21-10-4-5-11-24(21)33-2/h4-5,10-13,17,23H,3,6-9,14-16,18H2,1-2H3,(H,27,31)(H,28,32)/t23-/m1/s1. The van der Waals surface area contributed by atoms with Gasteiger partial charge in [-0.2, -0.15) is 0 Å². The van der Waals surface area contributed by atoms with Crippen LogP contribution in [0.3, 0.4) is 0 Å². The van der Waals surface area contributed by atoms with E-state index in [-0.39, 0.29) is 6.04 Å². The molecule has 2 aliphatic rings. The predicted molar refractivity (Wildman–Crippen MR) is 131 cm³/mol. The number of benzene rings is 2. The summed E-state index contributed by atoms with van der Waals surface area (Å²) in [4.78, 5) is 29.9. The predicted octanol–water partition coefficient (Wildman–Crippen LogP) is 3.36. The molecule has 0 radical (unpaired) electrons. The molecule has 2 amide bonds. The third-order valence-corrected chi connectivity index (χ3v) is 6.69. The molecule has 4 rings (SSSR count). The molecule has 2 aromatic rings. The minimum atomic E-state index is -0.691. The third kappa shape index (κ3) is 5.47. The number of carbonyl (C=O) groups excluding carboxylic acids is 2. The van der Waals surface area contributed by atoms with Gasteiger partial charge in [0.05, 0.1) is 18.8 Å². The van der Waals surface area contributed by atoms with Crippen molar-refractivity contribution in [3.8, 4) is 5.75 Å². The van der Waals surface area contributed by atoms with Crippen LogP contribution in [0.2, 0.25) is 0 Å². The van der Waals surface area contributed by atoms with Crippen LogP contribution in [-0.4, -0.2) is 57.1 Å². The average Bonchev–Trinajstić information content (AvgIpc) is 2.85. The molecule has 1 saturated heterocycles. The van der Waals surface area contributed by atoms with Crippen molar-refractivity contribution in [2.45, 2.75) is 38.1 Å². The molecule has 0 aromatic heterocycles. The maximum atomic E-state index is 12.7. The zero-order valence-corrected chi connectivity index (χ0v) is 19.6. The number of aryl methyl sites for hydroxylation is 1. The van der Waals surface area contributed by atoms with Crippen LogP contribution >= 0.6 is 0 Å². The van der Waals surface area contributed by atoms with Gasteiger partial charge in [0.15, 0.2) is 0 Å². The van der Waals surface area contributed by atoms with Crippen molar-refractivity contribution in [3.05, 3.63) is 53.6 Å². The molecular weight excluding hydrogens is 416 g/mol. The van der Waals surface area contributed by atoms with Crippen LogP contribution in [0.5, 0.6) is 5.75 Å². The Morgan fingerprint density at radius 1 is 1.00 bits per heavy atom. The van der Waals surface area contributed by atoms with Crippen molar-refractivity contribution in [1.29, 1.82) is 0 Å². The fourth-order valence-corrected chi connectivity index (χ4v) is 4.90. The minimum Gasteiger partial charge on any atom is -0.495 e. The molecule has 2 heterocycles. The number of rotatable bonds is 6. The van der Waals surface area contributed by atoms with Gasteiger partial charge in [-0.25, -0.2) is 0 Å². The Bertz CT molecular complexity index is 987. The number of nitrogens with zero attached hydrogens (tertiary/aromatic N) is 2. The average molecular weight is 451 g/mol. The number of piperidine rings is 1.